The second kappa shape index (κ2) is 9.30. The van der Waals surface area contributed by atoms with Crippen molar-refractivity contribution < 1.29 is 15.3 Å². The maximum absolute atomic E-state index is 11.9. The first-order chi connectivity index (χ1) is 14.1. The third-order valence-corrected chi connectivity index (χ3v) is 8.55. The highest BCUT2D eigenvalue weighted by molar-refractivity contribution is 5.36. The van der Waals surface area contributed by atoms with E-state index in [0.29, 0.717) is 24.7 Å². The predicted octanol–water partition coefficient (Wildman–Crippen LogP) is 5.70. The molecule has 0 aromatic carbocycles. The average Bonchev–Trinajstić information content (AvgIpc) is 2.94. The van der Waals surface area contributed by atoms with E-state index in [0.717, 1.165) is 56.9 Å². The Labute approximate surface area is 184 Å². The van der Waals surface area contributed by atoms with Crippen molar-refractivity contribution in [3.63, 3.8) is 0 Å². The van der Waals surface area contributed by atoms with Crippen molar-refractivity contribution in [3.8, 4) is 0 Å². The van der Waals surface area contributed by atoms with Crippen LogP contribution in [0.1, 0.15) is 91.9 Å². The Bertz CT molecular complexity index is 690. The first-order valence-electron chi connectivity index (χ1n) is 12.2. The molecule has 3 N–H and O–H groups in total. The minimum absolute atomic E-state index is 0.0900. The zero-order valence-electron chi connectivity index (χ0n) is 19.7. The van der Waals surface area contributed by atoms with Crippen molar-refractivity contribution in [3.05, 3.63) is 35.5 Å². The van der Waals surface area contributed by atoms with Gasteiger partial charge < -0.3 is 15.3 Å². The Hall–Kier alpha value is -0.900. The second-order valence-electron chi connectivity index (χ2n) is 11.1. The summed E-state index contributed by atoms with van der Waals surface area (Å²) in [6.07, 6.45) is 12.9. The number of rotatable bonds is 6. The van der Waals surface area contributed by atoms with Crippen LogP contribution in [0.25, 0.3) is 0 Å². The Balaban J connectivity index is 1.78. The zero-order valence-corrected chi connectivity index (χ0v) is 19.7. The van der Waals surface area contributed by atoms with Crippen LogP contribution in [0, 0.1) is 23.2 Å². The van der Waals surface area contributed by atoms with Crippen LogP contribution < -0.4 is 0 Å². The van der Waals surface area contributed by atoms with E-state index in [2.05, 4.69) is 46.4 Å². The summed E-state index contributed by atoms with van der Waals surface area (Å²) in [6, 6.07) is 0. The van der Waals surface area contributed by atoms with Crippen LogP contribution in [-0.4, -0.2) is 33.1 Å². The Kier molecular flexibility index (Phi) is 7.37. The van der Waals surface area contributed by atoms with Crippen molar-refractivity contribution in [2.75, 3.05) is 0 Å². The van der Waals surface area contributed by atoms with E-state index in [1.54, 1.807) is 0 Å². The summed E-state index contributed by atoms with van der Waals surface area (Å²) >= 11 is 0. The fraction of sp³-hybridized carbons (Fsp3) is 0.778. The molecular formula is C27H44O3. The van der Waals surface area contributed by atoms with Gasteiger partial charge in [0, 0.05) is 5.41 Å². The molecule has 3 aliphatic carbocycles. The first-order valence-corrected chi connectivity index (χ1v) is 12.2. The minimum Gasteiger partial charge on any atom is -0.393 e. The topological polar surface area (TPSA) is 60.7 Å². The van der Waals surface area contributed by atoms with E-state index in [4.69, 9.17) is 0 Å². The molecule has 3 fully saturated rings. The van der Waals surface area contributed by atoms with E-state index in [-0.39, 0.29) is 23.5 Å². The largest absolute Gasteiger partial charge is 0.393 e. The van der Waals surface area contributed by atoms with Gasteiger partial charge in [0.05, 0.1) is 17.8 Å². The van der Waals surface area contributed by atoms with Crippen LogP contribution in [0.15, 0.2) is 35.5 Å². The zero-order chi connectivity index (χ0) is 22.1. The van der Waals surface area contributed by atoms with Gasteiger partial charge in [-0.05, 0) is 87.5 Å². The molecule has 0 aromatic rings. The van der Waals surface area contributed by atoms with E-state index < -0.39 is 5.60 Å². The number of hydrogen-bond donors (Lipinski definition) is 3. The first kappa shape index (κ1) is 23.8. The smallest absolute Gasteiger partial charge is 0.0733 e. The normalized spacial score (nSPS) is 39.5. The quantitative estimate of drug-likeness (QED) is 0.520. The van der Waals surface area contributed by atoms with Crippen LogP contribution in [0.5, 0.6) is 0 Å². The van der Waals surface area contributed by atoms with Gasteiger partial charge in [-0.2, -0.15) is 0 Å². The molecule has 0 aromatic heterocycles. The van der Waals surface area contributed by atoms with Crippen LogP contribution in [-0.2, 0) is 0 Å². The summed E-state index contributed by atoms with van der Waals surface area (Å²) in [6.45, 7) is 12.9. The monoisotopic (exact) mass is 416 g/mol. The van der Waals surface area contributed by atoms with Crippen molar-refractivity contribution in [1.29, 1.82) is 0 Å². The van der Waals surface area contributed by atoms with Gasteiger partial charge in [-0.25, -0.2) is 0 Å². The molecule has 0 amide bonds. The molecule has 0 radical (unpaired) electrons. The summed E-state index contributed by atoms with van der Waals surface area (Å²) in [5.41, 5.74) is 2.95. The number of allylic oxidation sites excluding steroid dienone is 4. The van der Waals surface area contributed by atoms with Crippen molar-refractivity contribution in [2.24, 2.45) is 23.2 Å². The third-order valence-electron chi connectivity index (χ3n) is 8.55. The molecule has 3 nitrogen and oxygen atoms in total. The highest BCUT2D eigenvalue weighted by Crippen LogP contribution is 2.62. The molecule has 0 bridgehead atoms. The van der Waals surface area contributed by atoms with E-state index in [1.807, 2.05) is 0 Å². The van der Waals surface area contributed by atoms with E-state index in [1.165, 1.54) is 11.1 Å². The molecule has 170 valence electrons. The fourth-order valence-electron chi connectivity index (χ4n) is 6.74. The van der Waals surface area contributed by atoms with E-state index >= 15 is 0 Å². The summed E-state index contributed by atoms with van der Waals surface area (Å²) in [4.78, 5) is 0. The maximum Gasteiger partial charge on any atom is 0.0733 e. The van der Waals surface area contributed by atoms with Gasteiger partial charge in [0.1, 0.15) is 0 Å². The molecule has 1 unspecified atom stereocenters. The van der Waals surface area contributed by atoms with Crippen molar-refractivity contribution in [2.45, 2.75) is 110 Å². The van der Waals surface area contributed by atoms with Gasteiger partial charge in [-0.15, -0.1) is 0 Å². The summed E-state index contributed by atoms with van der Waals surface area (Å²) in [7, 11) is 0. The van der Waals surface area contributed by atoms with Gasteiger partial charge in [0.2, 0.25) is 0 Å². The fourth-order valence-corrected chi connectivity index (χ4v) is 6.74. The van der Waals surface area contributed by atoms with Gasteiger partial charge in [0.25, 0.3) is 0 Å². The molecule has 6 atom stereocenters. The molecule has 0 heterocycles. The van der Waals surface area contributed by atoms with Gasteiger partial charge in [-0.3, -0.25) is 0 Å². The lowest BCUT2D eigenvalue weighted by molar-refractivity contribution is -0.121. The number of hydrogen-bond acceptors (Lipinski definition) is 3. The van der Waals surface area contributed by atoms with Crippen LogP contribution in [0.3, 0.4) is 0 Å². The highest BCUT2D eigenvalue weighted by Gasteiger charge is 2.60. The Morgan fingerprint density at radius 3 is 2.53 bits per heavy atom. The Morgan fingerprint density at radius 2 is 1.83 bits per heavy atom. The predicted molar refractivity (Wildman–Crippen MR) is 124 cm³/mol. The molecule has 0 saturated heterocycles. The lowest BCUT2D eigenvalue weighted by Crippen LogP contribution is -2.51. The number of aliphatic hydroxyl groups is 3. The van der Waals surface area contributed by atoms with Crippen molar-refractivity contribution in [1.82, 2.24) is 0 Å². The highest BCUT2D eigenvalue weighted by atomic mass is 16.3. The van der Waals surface area contributed by atoms with Gasteiger partial charge >= 0.3 is 0 Å². The lowest BCUT2D eigenvalue weighted by atomic mass is 9.58. The van der Waals surface area contributed by atoms with Crippen molar-refractivity contribution >= 4 is 0 Å². The standard InChI is InChI=1S/C27H44O3/c1-18(2)15-24(29)16-20(4)27(30)14-12-25-21(7-6-13-26(25,27)5)9-10-22-17-23(28)11-8-19(22)3/h9-10,18,20,23-25,28-30H,3,6-8,11-17H2,1-2,4-5H3/b21-9+,22-10-/t20-,23+,24?,25-,26-,27-/m0/s1. The van der Waals surface area contributed by atoms with Crippen LogP contribution >= 0.6 is 0 Å². The summed E-state index contributed by atoms with van der Waals surface area (Å²) in [5.74, 6) is 0.964. The lowest BCUT2D eigenvalue weighted by Gasteiger charge is -2.50. The molecule has 3 rings (SSSR count). The molecule has 30 heavy (non-hydrogen) atoms. The molecule has 3 saturated carbocycles. The summed E-state index contributed by atoms with van der Waals surface area (Å²) < 4.78 is 0. The minimum atomic E-state index is -0.715. The van der Waals surface area contributed by atoms with Gasteiger partial charge in [0.15, 0.2) is 0 Å². The molecule has 3 heteroatoms. The maximum atomic E-state index is 11.9. The Morgan fingerprint density at radius 1 is 1.10 bits per heavy atom. The average molecular weight is 417 g/mol. The number of aliphatic hydroxyl groups excluding tert-OH is 2. The third kappa shape index (κ3) is 4.64. The second-order valence-corrected chi connectivity index (χ2v) is 11.1. The SMILES string of the molecule is C=C1CC[C@@H](O)C/C1=C/C=C1\CCC[C@@]2(C)[C@H]1CC[C@]2(O)[C@@H](C)CC(O)CC(C)C. The van der Waals surface area contributed by atoms with E-state index in [9.17, 15) is 15.3 Å². The molecule has 0 aliphatic heterocycles. The molecule has 0 spiro atoms. The molecule has 3 aliphatic rings. The molecular weight excluding hydrogens is 372 g/mol. The van der Waals surface area contributed by atoms with Crippen LogP contribution in [0.4, 0.5) is 0 Å². The van der Waals surface area contributed by atoms with Crippen LogP contribution in [0.2, 0.25) is 0 Å². The number of fused-ring (bicyclic) bond motifs is 1. The van der Waals surface area contributed by atoms with Gasteiger partial charge in [-0.1, -0.05) is 57.6 Å². The summed E-state index contributed by atoms with van der Waals surface area (Å²) in [5, 5.41) is 32.4.